The minimum atomic E-state index is -4.52. The van der Waals surface area contributed by atoms with Gasteiger partial charge in [0.2, 0.25) is 15.9 Å². The van der Waals surface area contributed by atoms with Crippen LogP contribution in [-0.4, -0.2) is 36.5 Å². The predicted molar refractivity (Wildman–Crippen MR) is 126 cm³/mol. The van der Waals surface area contributed by atoms with Crippen molar-refractivity contribution < 1.29 is 31.1 Å². The molecule has 192 valence electrons. The lowest BCUT2D eigenvalue weighted by Crippen LogP contribution is -2.31. The molecule has 1 aromatic heterocycles. The summed E-state index contributed by atoms with van der Waals surface area (Å²) < 4.78 is 72.1. The molecule has 0 saturated heterocycles. The van der Waals surface area contributed by atoms with Crippen LogP contribution in [0.4, 0.5) is 13.2 Å². The quantitative estimate of drug-likeness (QED) is 0.415. The van der Waals surface area contributed by atoms with Crippen molar-refractivity contribution in [3.8, 4) is 5.88 Å². The number of sulfonamides is 1. The molecule has 1 N–H and O–H groups in total. The zero-order chi connectivity index (χ0) is 25.8. The van der Waals surface area contributed by atoms with Crippen LogP contribution in [0.5, 0.6) is 5.88 Å². The Morgan fingerprint density at radius 1 is 1.31 bits per heavy atom. The third-order valence-electron chi connectivity index (χ3n) is 5.28. The van der Waals surface area contributed by atoms with Gasteiger partial charge in [-0.1, -0.05) is 31.5 Å². The topological polar surface area (TPSA) is 90.3 Å². The van der Waals surface area contributed by atoms with Gasteiger partial charge in [-0.2, -0.15) is 13.2 Å². The van der Waals surface area contributed by atoms with Crippen LogP contribution >= 0.6 is 11.6 Å². The molecule has 1 heterocycles. The highest BCUT2D eigenvalue weighted by atomic mass is 35.5. The number of halogens is 4. The van der Waals surface area contributed by atoms with Crippen molar-refractivity contribution in [3.05, 3.63) is 52.2 Å². The van der Waals surface area contributed by atoms with Crippen LogP contribution in [0.3, 0.4) is 0 Å². The smallest absolute Gasteiger partial charge is 0.416 e. The van der Waals surface area contributed by atoms with Crippen LogP contribution in [0.25, 0.3) is 6.08 Å². The van der Waals surface area contributed by atoms with Gasteiger partial charge in [0.25, 0.3) is 5.91 Å². The summed E-state index contributed by atoms with van der Waals surface area (Å²) in [5.74, 6) is -0.0876. The zero-order valence-electron chi connectivity index (χ0n) is 19.3. The normalized spacial score (nSPS) is 14.6. The predicted octanol–water partition coefficient (Wildman–Crippen LogP) is 4.90. The summed E-state index contributed by atoms with van der Waals surface area (Å²) in [7, 11) is -3.77. The van der Waals surface area contributed by atoms with E-state index in [9.17, 15) is 26.4 Å². The summed E-state index contributed by atoms with van der Waals surface area (Å²) >= 11 is 6.09. The Morgan fingerprint density at radius 3 is 2.63 bits per heavy atom. The molecule has 0 unspecified atom stereocenters. The number of benzene rings is 1. The fourth-order valence-electron chi connectivity index (χ4n) is 3.03. The molecule has 12 heteroatoms. The van der Waals surface area contributed by atoms with Crippen molar-refractivity contribution in [2.45, 2.75) is 45.8 Å². The van der Waals surface area contributed by atoms with E-state index in [1.54, 1.807) is 6.07 Å². The number of hydrogen-bond acceptors (Lipinski definition) is 5. The maximum Gasteiger partial charge on any atom is 0.416 e. The molecular weight excluding hydrogens is 507 g/mol. The number of nitrogens with one attached hydrogen (secondary N) is 1. The lowest BCUT2D eigenvalue weighted by molar-refractivity contribution is -0.137. The standard InChI is InChI=1S/C23H27ClF3N3O4S/c1-15(2)9-10-35(32,33)29-21(31)8-7-19-12-22(34-14-16-3-4-16)28-30(19)13-17-5-6-18(11-20(17)24)23(25,26)27/h5-8,11-12,15-16H,3-4,9-10,13-14H2,1-2H3,(H,29,31). The summed E-state index contributed by atoms with van der Waals surface area (Å²) in [6.07, 6.45) is 0.449. The van der Waals surface area contributed by atoms with E-state index in [1.807, 2.05) is 18.6 Å². The molecule has 7 nitrogen and oxygen atoms in total. The van der Waals surface area contributed by atoms with Gasteiger partial charge in [0, 0.05) is 17.2 Å². The SMILES string of the molecule is CC(C)CCS(=O)(=O)NC(=O)C=Cc1cc(OCC2CC2)nn1Cc1ccc(C(F)(F)F)cc1Cl. The number of hydrogen-bond donors (Lipinski definition) is 1. The zero-order valence-corrected chi connectivity index (χ0v) is 20.9. The van der Waals surface area contributed by atoms with Gasteiger partial charge < -0.3 is 4.74 Å². The van der Waals surface area contributed by atoms with Gasteiger partial charge in [-0.05, 0) is 54.9 Å². The Morgan fingerprint density at radius 2 is 2.03 bits per heavy atom. The minimum absolute atomic E-state index is 0.0116. The summed E-state index contributed by atoms with van der Waals surface area (Å²) in [6, 6.07) is 4.60. The highest BCUT2D eigenvalue weighted by molar-refractivity contribution is 7.90. The first-order valence-electron chi connectivity index (χ1n) is 11.1. The lowest BCUT2D eigenvalue weighted by atomic mass is 10.1. The lowest BCUT2D eigenvalue weighted by Gasteiger charge is -2.11. The van der Waals surface area contributed by atoms with E-state index in [2.05, 4.69) is 5.10 Å². The molecular formula is C23H27ClF3N3O4S. The van der Waals surface area contributed by atoms with Gasteiger partial charge in [-0.3, -0.25) is 9.48 Å². The molecule has 1 aliphatic carbocycles. The number of ether oxygens (including phenoxy) is 1. The number of carbonyl (C=O) groups excluding carboxylic acids is 1. The van der Waals surface area contributed by atoms with Crippen LogP contribution in [0.15, 0.2) is 30.3 Å². The molecule has 2 aromatic rings. The number of alkyl halides is 3. The van der Waals surface area contributed by atoms with Crippen LogP contribution in [0, 0.1) is 11.8 Å². The highest BCUT2D eigenvalue weighted by Gasteiger charge is 2.31. The molecule has 0 bridgehead atoms. The Balaban J connectivity index is 1.78. The van der Waals surface area contributed by atoms with Gasteiger partial charge in [0.1, 0.15) is 0 Å². The first-order chi connectivity index (χ1) is 16.3. The average Bonchev–Trinajstić information content (AvgIpc) is 3.50. The molecule has 0 radical (unpaired) electrons. The van der Waals surface area contributed by atoms with Gasteiger partial charge in [0.05, 0.1) is 30.2 Å². The number of nitrogens with zero attached hydrogens (tertiary/aromatic N) is 2. The first kappa shape index (κ1) is 27.1. The maximum atomic E-state index is 12.9. The molecule has 3 rings (SSSR count). The molecule has 1 saturated carbocycles. The van der Waals surface area contributed by atoms with Crippen molar-refractivity contribution in [1.29, 1.82) is 0 Å². The van der Waals surface area contributed by atoms with Crippen molar-refractivity contribution in [3.63, 3.8) is 0 Å². The third-order valence-corrected chi connectivity index (χ3v) is 6.92. The summed E-state index contributed by atoms with van der Waals surface area (Å²) in [4.78, 5) is 12.2. The van der Waals surface area contributed by atoms with E-state index in [0.717, 1.165) is 31.1 Å². The van der Waals surface area contributed by atoms with Gasteiger partial charge >= 0.3 is 6.18 Å². The number of amides is 1. The Hall–Kier alpha value is -2.53. The third kappa shape index (κ3) is 8.57. The molecule has 0 aliphatic heterocycles. The van der Waals surface area contributed by atoms with E-state index in [-0.39, 0.29) is 29.1 Å². The second-order valence-electron chi connectivity index (χ2n) is 8.92. The van der Waals surface area contributed by atoms with Crippen LogP contribution in [0.1, 0.15) is 49.9 Å². The molecule has 1 fully saturated rings. The fraction of sp³-hybridized carbons (Fsp3) is 0.478. The van der Waals surface area contributed by atoms with E-state index in [0.29, 0.717) is 30.2 Å². The molecule has 1 amide bonds. The molecule has 35 heavy (non-hydrogen) atoms. The first-order valence-corrected chi connectivity index (χ1v) is 13.1. The summed E-state index contributed by atoms with van der Waals surface area (Å²) in [6.45, 7) is 4.25. The molecule has 1 aromatic carbocycles. The summed E-state index contributed by atoms with van der Waals surface area (Å²) in [5.41, 5.74) is -0.0935. The van der Waals surface area contributed by atoms with Crippen molar-refractivity contribution >= 4 is 33.6 Å². The van der Waals surface area contributed by atoms with Crippen molar-refractivity contribution in [2.75, 3.05) is 12.4 Å². The minimum Gasteiger partial charge on any atom is -0.476 e. The number of carbonyl (C=O) groups is 1. The van der Waals surface area contributed by atoms with Gasteiger partial charge in [-0.25, -0.2) is 13.1 Å². The second-order valence-corrected chi connectivity index (χ2v) is 11.2. The van der Waals surface area contributed by atoms with Crippen molar-refractivity contribution in [2.24, 2.45) is 11.8 Å². The number of aromatic nitrogens is 2. The van der Waals surface area contributed by atoms with E-state index >= 15 is 0 Å². The van der Waals surface area contributed by atoms with Crippen LogP contribution < -0.4 is 9.46 Å². The second kappa shape index (κ2) is 11.0. The van der Waals surface area contributed by atoms with Crippen molar-refractivity contribution in [1.82, 2.24) is 14.5 Å². The Labute approximate surface area is 207 Å². The highest BCUT2D eigenvalue weighted by Crippen LogP contribution is 2.33. The average molecular weight is 534 g/mol. The van der Waals surface area contributed by atoms with Gasteiger partial charge in [0.15, 0.2) is 0 Å². The van der Waals surface area contributed by atoms with E-state index in [4.69, 9.17) is 16.3 Å². The molecule has 0 atom stereocenters. The number of rotatable bonds is 11. The summed E-state index contributed by atoms with van der Waals surface area (Å²) in [5, 5.41) is 4.25. The monoisotopic (exact) mass is 533 g/mol. The molecule has 0 spiro atoms. The largest absolute Gasteiger partial charge is 0.476 e. The Bertz CT molecular complexity index is 1190. The van der Waals surface area contributed by atoms with E-state index < -0.39 is 27.7 Å². The fourth-order valence-corrected chi connectivity index (χ4v) is 4.53. The van der Waals surface area contributed by atoms with Crippen LogP contribution in [-0.2, 0) is 27.5 Å². The molecule has 1 aliphatic rings. The maximum absolute atomic E-state index is 12.9. The van der Waals surface area contributed by atoms with Gasteiger partial charge in [-0.15, -0.1) is 5.10 Å². The Kier molecular flexibility index (Phi) is 8.53. The van der Waals surface area contributed by atoms with E-state index in [1.165, 1.54) is 16.8 Å². The van der Waals surface area contributed by atoms with Crippen LogP contribution in [0.2, 0.25) is 5.02 Å².